The molecule has 2 aromatic carbocycles. The van der Waals surface area contributed by atoms with Crippen LogP contribution in [0.4, 0.5) is 0 Å². The molecular weight excluding hydrogens is 446 g/mol. The highest BCUT2D eigenvalue weighted by atomic mass is 32.1. The summed E-state index contributed by atoms with van der Waals surface area (Å²) in [5, 5.41) is 4.65. The van der Waals surface area contributed by atoms with Gasteiger partial charge in [-0.1, -0.05) is 43.5 Å². The largest absolute Gasteiger partial charge is 0.496 e. The SMILES string of the molecule is COc1ccc(/C=C2\NC(=S)N(C3CCCCC3)C2=O)cc1COc1cccc2cccnc12. The molecule has 1 aromatic heterocycles. The molecule has 34 heavy (non-hydrogen) atoms. The molecule has 7 heteroatoms. The van der Waals surface area contributed by atoms with Crippen molar-refractivity contribution in [1.29, 1.82) is 0 Å². The van der Waals surface area contributed by atoms with Crippen LogP contribution in [0.25, 0.3) is 17.0 Å². The van der Waals surface area contributed by atoms with Crippen LogP contribution in [-0.2, 0) is 11.4 Å². The Bertz CT molecular complexity index is 1260. The first-order valence-corrected chi connectivity index (χ1v) is 12.0. The molecule has 1 saturated carbocycles. The average Bonchev–Trinajstić information content (AvgIpc) is 3.15. The Morgan fingerprint density at radius 2 is 1.94 bits per heavy atom. The third-order valence-corrected chi connectivity index (χ3v) is 6.74. The highest BCUT2D eigenvalue weighted by Gasteiger charge is 2.36. The van der Waals surface area contributed by atoms with Crippen LogP contribution in [0.2, 0.25) is 0 Å². The molecule has 0 unspecified atom stereocenters. The zero-order valence-electron chi connectivity index (χ0n) is 19.1. The lowest BCUT2D eigenvalue weighted by Gasteiger charge is -2.29. The number of pyridine rings is 1. The molecule has 0 spiro atoms. The Labute approximate surface area is 204 Å². The first-order chi connectivity index (χ1) is 16.6. The predicted octanol–water partition coefficient (Wildman–Crippen LogP) is 5.21. The van der Waals surface area contributed by atoms with Gasteiger partial charge in [-0.15, -0.1) is 0 Å². The number of carbonyl (C=O) groups excluding carboxylic acids is 1. The quantitative estimate of drug-likeness (QED) is 0.392. The van der Waals surface area contributed by atoms with E-state index in [-0.39, 0.29) is 11.9 Å². The van der Waals surface area contributed by atoms with E-state index in [1.165, 1.54) is 6.42 Å². The molecule has 3 aromatic rings. The summed E-state index contributed by atoms with van der Waals surface area (Å²) in [5.41, 5.74) is 3.08. The lowest BCUT2D eigenvalue weighted by Crippen LogP contribution is -2.41. The van der Waals surface area contributed by atoms with E-state index >= 15 is 0 Å². The highest BCUT2D eigenvalue weighted by Crippen LogP contribution is 2.29. The number of rotatable bonds is 6. The molecule has 1 amide bonds. The minimum Gasteiger partial charge on any atom is -0.496 e. The molecule has 5 rings (SSSR count). The minimum atomic E-state index is -0.0488. The van der Waals surface area contributed by atoms with Crippen molar-refractivity contribution in [3.05, 3.63) is 71.6 Å². The second-order valence-electron chi connectivity index (χ2n) is 8.65. The van der Waals surface area contributed by atoms with Crippen molar-refractivity contribution >= 4 is 40.2 Å². The monoisotopic (exact) mass is 473 g/mol. The molecule has 0 bridgehead atoms. The fraction of sp³-hybridized carbons (Fsp3) is 0.296. The Morgan fingerprint density at radius 1 is 1.12 bits per heavy atom. The van der Waals surface area contributed by atoms with Gasteiger partial charge >= 0.3 is 0 Å². The Balaban J connectivity index is 1.37. The summed E-state index contributed by atoms with van der Waals surface area (Å²) < 4.78 is 11.7. The van der Waals surface area contributed by atoms with Crippen molar-refractivity contribution in [3.8, 4) is 11.5 Å². The lowest BCUT2D eigenvalue weighted by atomic mass is 9.94. The van der Waals surface area contributed by atoms with Gasteiger partial charge in [-0.05, 0) is 61.0 Å². The van der Waals surface area contributed by atoms with Gasteiger partial charge in [-0.3, -0.25) is 14.7 Å². The number of benzene rings is 2. The van der Waals surface area contributed by atoms with E-state index in [1.54, 1.807) is 18.2 Å². The smallest absolute Gasteiger partial charge is 0.276 e. The molecule has 6 nitrogen and oxygen atoms in total. The van der Waals surface area contributed by atoms with Gasteiger partial charge in [0.25, 0.3) is 5.91 Å². The minimum absolute atomic E-state index is 0.0488. The van der Waals surface area contributed by atoms with E-state index in [0.29, 0.717) is 23.2 Å². The van der Waals surface area contributed by atoms with E-state index in [4.69, 9.17) is 21.7 Å². The molecule has 2 aliphatic rings. The maximum absolute atomic E-state index is 13.1. The van der Waals surface area contributed by atoms with Crippen LogP contribution < -0.4 is 14.8 Å². The van der Waals surface area contributed by atoms with Crippen LogP contribution in [0.1, 0.15) is 43.2 Å². The van der Waals surface area contributed by atoms with Gasteiger partial charge in [0.1, 0.15) is 29.3 Å². The Hall–Kier alpha value is -3.45. The number of hydrogen-bond donors (Lipinski definition) is 1. The van der Waals surface area contributed by atoms with Crippen LogP contribution in [0.5, 0.6) is 11.5 Å². The Kier molecular flexibility index (Phi) is 6.45. The maximum Gasteiger partial charge on any atom is 0.276 e. The standard InChI is InChI=1S/C27H27N3O3S/c1-32-23-13-12-18(16-22-26(31)30(27(34)29-22)21-9-3-2-4-10-21)15-20(23)17-33-24-11-5-7-19-8-6-14-28-25(19)24/h5-8,11-16,21H,2-4,9-10,17H2,1H3,(H,29,34)/b22-16-. The van der Waals surface area contributed by atoms with Crippen molar-refractivity contribution in [2.24, 2.45) is 0 Å². The number of aromatic nitrogens is 1. The van der Waals surface area contributed by atoms with Crippen molar-refractivity contribution in [2.45, 2.75) is 44.8 Å². The topological polar surface area (TPSA) is 63.7 Å². The van der Waals surface area contributed by atoms with E-state index in [2.05, 4.69) is 10.3 Å². The lowest BCUT2D eigenvalue weighted by molar-refractivity contribution is -0.124. The highest BCUT2D eigenvalue weighted by molar-refractivity contribution is 7.80. The number of fused-ring (bicyclic) bond motifs is 1. The molecular formula is C27H27N3O3S. The second-order valence-corrected chi connectivity index (χ2v) is 9.03. The number of nitrogens with zero attached hydrogens (tertiary/aromatic N) is 2. The summed E-state index contributed by atoms with van der Waals surface area (Å²) in [7, 11) is 1.64. The number of para-hydroxylation sites is 1. The van der Waals surface area contributed by atoms with Crippen LogP contribution >= 0.6 is 12.2 Å². The van der Waals surface area contributed by atoms with Gasteiger partial charge in [0.15, 0.2) is 5.11 Å². The van der Waals surface area contributed by atoms with Gasteiger partial charge in [-0.25, -0.2) is 0 Å². The molecule has 2 heterocycles. The molecule has 1 aliphatic carbocycles. The molecule has 1 saturated heterocycles. The summed E-state index contributed by atoms with van der Waals surface area (Å²) in [6.07, 6.45) is 9.14. The summed E-state index contributed by atoms with van der Waals surface area (Å²) in [6, 6.07) is 15.8. The molecule has 0 atom stereocenters. The first kappa shape index (κ1) is 22.3. The van der Waals surface area contributed by atoms with E-state index < -0.39 is 0 Å². The van der Waals surface area contributed by atoms with Gasteiger partial charge < -0.3 is 14.8 Å². The number of hydrogen-bond acceptors (Lipinski definition) is 5. The van der Waals surface area contributed by atoms with Gasteiger partial charge in [0, 0.05) is 23.2 Å². The fourth-order valence-corrected chi connectivity index (χ4v) is 5.08. The molecule has 0 radical (unpaired) electrons. The molecule has 1 N–H and O–H groups in total. The van der Waals surface area contributed by atoms with Gasteiger partial charge in [-0.2, -0.15) is 0 Å². The number of nitrogens with one attached hydrogen (secondary N) is 1. The zero-order valence-corrected chi connectivity index (χ0v) is 19.9. The Morgan fingerprint density at radius 3 is 2.76 bits per heavy atom. The fourth-order valence-electron chi connectivity index (χ4n) is 4.74. The molecule has 174 valence electrons. The number of thiocarbonyl (C=S) groups is 1. The van der Waals surface area contributed by atoms with Crippen LogP contribution in [-0.4, -0.2) is 34.1 Å². The first-order valence-electron chi connectivity index (χ1n) is 11.6. The van der Waals surface area contributed by atoms with E-state index in [1.807, 2.05) is 54.6 Å². The summed E-state index contributed by atoms with van der Waals surface area (Å²) >= 11 is 5.50. The average molecular weight is 474 g/mol. The third-order valence-electron chi connectivity index (χ3n) is 6.44. The zero-order chi connectivity index (χ0) is 23.5. The van der Waals surface area contributed by atoms with Crippen molar-refractivity contribution in [3.63, 3.8) is 0 Å². The second kappa shape index (κ2) is 9.81. The predicted molar refractivity (Wildman–Crippen MR) is 136 cm³/mol. The van der Waals surface area contributed by atoms with E-state index in [9.17, 15) is 4.79 Å². The molecule has 2 fully saturated rings. The number of ether oxygens (including phenoxy) is 2. The maximum atomic E-state index is 13.1. The van der Waals surface area contributed by atoms with Crippen molar-refractivity contribution < 1.29 is 14.3 Å². The summed E-state index contributed by atoms with van der Waals surface area (Å²) in [6.45, 7) is 0.309. The van der Waals surface area contributed by atoms with Crippen molar-refractivity contribution in [2.75, 3.05) is 7.11 Å². The van der Waals surface area contributed by atoms with Gasteiger partial charge in [0.05, 0.1) is 7.11 Å². The number of amides is 1. The number of carbonyl (C=O) groups is 1. The van der Waals surface area contributed by atoms with Crippen molar-refractivity contribution in [1.82, 2.24) is 15.2 Å². The summed E-state index contributed by atoms with van der Waals surface area (Å²) in [5.74, 6) is 1.39. The summed E-state index contributed by atoms with van der Waals surface area (Å²) in [4.78, 5) is 19.3. The molecule has 1 aliphatic heterocycles. The van der Waals surface area contributed by atoms with Crippen LogP contribution in [0.15, 0.2) is 60.4 Å². The van der Waals surface area contributed by atoms with Crippen LogP contribution in [0, 0.1) is 0 Å². The van der Waals surface area contributed by atoms with E-state index in [0.717, 1.165) is 53.5 Å². The normalized spacial score (nSPS) is 17.9. The number of methoxy groups -OCH3 is 1. The third kappa shape index (κ3) is 4.48. The van der Waals surface area contributed by atoms with Gasteiger partial charge in [0.2, 0.25) is 0 Å². The van der Waals surface area contributed by atoms with Crippen LogP contribution in [0.3, 0.4) is 0 Å².